The topological polar surface area (TPSA) is 41.6 Å². The zero-order valence-electron chi connectivity index (χ0n) is 12.6. The summed E-state index contributed by atoms with van der Waals surface area (Å²) in [5.74, 6) is 0.221. The van der Waals surface area contributed by atoms with E-state index < -0.39 is 0 Å². The lowest BCUT2D eigenvalue weighted by molar-refractivity contribution is -0.137. The Morgan fingerprint density at radius 2 is 2.14 bits per heavy atom. The third-order valence-electron chi connectivity index (χ3n) is 4.58. The Labute approximate surface area is 126 Å². The van der Waals surface area contributed by atoms with Gasteiger partial charge < -0.3 is 15.0 Å². The Kier molecular flexibility index (Phi) is 4.56. The number of likely N-dealkylation sites (N-methyl/N-ethyl adjacent to an activating group) is 1. The quantitative estimate of drug-likeness (QED) is 0.921. The van der Waals surface area contributed by atoms with Crippen LogP contribution in [0.2, 0.25) is 0 Å². The van der Waals surface area contributed by atoms with E-state index in [-0.39, 0.29) is 23.9 Å². The monoisotopic (exact) mass is 288 g/mol. The molecule has 1 aromatic carbocycles. The Bertz CT molecular complexity index is 477. The van der Waals surface area contributed by atoms with Crippen molar-refractivity contribution in [1.29, 1.82) is 0 Å². The second-order valence-corrected chi connectivity index (χ2v) is 5.91. The molecule has 114 valence electrons. The molecule has 0 radical (unpaired) electrons. The van der Waals surface area contributed by atoms with E-state index in [9.17, 15) is 4.79 Å². The number of amides is 1. The van der Waals surface area contributed by atoms with E-state index >= 15 is 0 Å². The normalized spacial score (nSPS) is 29.0. The minimum Gasteiger partial charge on any atom is -0.379 e. The third kappa shape index (κ3) is 2.97. The summed E-state index contributed by atoms with van der Waals surface area (Å²) in [6.45, 7) is 5.01. The standard InChI is InChI=1S/C17H24N2O2/c1-2-18-15-12-21-11-14(15)17(20)19-10-6-9-16(19)13-7-4-3-5-8-13/h3-5,7-8,14-16,18H,2,6,9-12H2,1H3. The first-order chi connectivity index (χ1) is 10.3. The lowest BCUT2D eigenvalue weighted by atomic mass is 9.99. The van der Waals surface area contributed by atoms with Gasteiger partial charge in [0.25, 0.3) is 0 Å². The van der Waals surface area contributed by atoms with E-state index in [4.69, 9.17) is 4.74 Å². The molecule has 3 rings (SSSR count). The summed E-state index contributed by atoms with van der Waals surface area (Å²) in [6, 6.07) is 10.8. The largest absolute Gasteiger partial charge is 0.379 e. The van der Waals surface area contributed by atoms with Crippen molar-refractivity contribution >= 4 is 5.91 Å². The highest BCUT2D eigenvalue weighted by molar-refractivity contribution is 5.81. The number of likely N-dealkylation sites (tertiary alicyclic amines) is 1. The van der Waals surface area contributed by atoms with Gasteiger partial charge in [0.2, 0.25) is 5.91 Å². The second kappa shape index (κ2) is 6.58. The zero-order valence-corrected chi connectivity index (χ0v) is 12.6. The Balaban J connectivity index is 1.74. The average molecular weight is 288 g/mol. The number of hydrogen-bond donors (Lipinski definition) is 1. The van der Waals surface area contributed by atoms with Gasteiger partial charge in [-0.3, -0.25) is 4.79 Å². The molecule has 3 atom stereocenters. The lowest BCUT2D eigenvalue weighted by Gasteiger charge is -2.29. The number of hydrogen-bond acceptors (Lipinski definition) is 3. The molecule has 0 saturated carbocycles. The molecule has 1 N–H and O–H groups in total. The predicted molar refractivity (Wildman–Crippen MR) is 81.9 cm³/mol. The molecule has 0 spiro atoms. The molecule has 0 bridgehead atoms. The molecule has 2 aliphatic heterocycles. The van der Waals surface area contributed by atoms with Gasteiger partial charge in [-0.15, -0.1) is 0 Å². The van der Waals surface area contributed by atoms with Crippen molar-refractivity contribution in [2.75, 3.05) is 26.3 Å². The summed E-state index contributed by atoms with van der Waals surface area (Å²) in [4.78, 5) is 15.0. The van der Waals surface area contributed by atoms with E-state index in [1.807, 2.05) is 6.07 Å². The molecular formula is C17H24N2O2. The van der Waals surface area contributed by atoms with Gasteiger partial charge in [0.15, 0.2) is 0 Å². The van der Waals surface area contributed by atoms with Crippen LogP contribution in [0.4, 0.5) is 0 Å². The van der Waals surface area contributed by atoms with Gasteiger partial charge in [-0.05, 0) is 24.9 Å². The predicted octanol–water partition coefficient (Wildman–Crippen LogP) is 1.97. The van der Waals surface area contributed by atoms with E-state index in [1.165, 1.54) is 5.56 Å². The average Bonchev–Trinajstić information content (AvgIpc) is 3.17. The third-order valence-corrected chi connectivity index (χ3v) is 4.58. The summed E-state index contributed by atoms with van der Waals surface area (Å²) >= 11 is 0. The van der Waals surface area contributed by atoms with Crippen LogP contribution in [0.5, 0.6) is 0 Å². The molecular weight excluding hydrogens is 264 g/mol. The van der Waals surface area contributed by atoms with Gasteiger partial charge in [-0.25, -0.2) is 0 Å². The fourth-order valence-electron chi connectivity index (χ4n) is 3.53. The van der Waals surface area contributed by atoms with Gasteiger partial charge >= 0.3 is 0 Å². The van der Waals surface area contributed by atoms with Crippen LogP contribution >= 0.6 is 0 Å². The van der Waals surface area contributed by atoms with Gasteiger partial charge in [-0.2, -0.15) is 0 Å². The smallest absolute Gasteiger partial charge is 0.230 e. The summed E-state index contributed by atoms with van der Waals surface area (Å²) in [5, 5.41) is 3.38. The highest BCUT2D eigenvalue weighted by Crippen LogP contribution is 2.34. The van der Waals surface area contributed by atoms with Gasteiger partial charge in [0, 0.05) is 12.6 Å². The van der Waals surface area contributed by atoms with Crippen LogP contribution in [0.15, 0.2) is 30.3 Å². The lowest BCUT2D eigenvalue weighted by Crippen LogP contribution is -2.45. The van der Waals surface area contributed by atoms with Crippen LogP contribution in [0, 0.1) is 5.92 Å². The number of nitrogens with one attached hydrogen (secondary N) is 1. The molecule has 3 unspecified atom stereocenters. The van der Waals surface area contributed by atoms with Crippen molar-refractivity contribution in [1.82, 2.24) is 10.2 Å². The van der Waals surface area contributed by atoms with Crippen molar-refractivity contribution < 1.29 is 9.53 Å². The molecule has 0 aliphatic carbocycles. The zero-order chi connectivity index (χ0) is 14.7. The number of rotatable bonds is 4. The van der Waals surface area contributed by atoms with E-state index in [1.54, 1.807) is 0 Å². The van der Waals surface area contributed by atoms with Crippen molar-refractivity contribution in [2.45, 2.75) is 31.8 Å². The SMILES string of the molecule is CCNC1COCC1C(=O)N1CCCC1c1ccccc1. The minimum atomic E-state index is -0.0331. The number of benzene rings is 1. The molecule has 2 saturated heterocycles. The molecule has 2 heterocycles. The van der Waals surface area contributed by atoms with Crippen LogP contribution in [-0.2, 0) is 9.53 Å². The van der Waals surface area contributed by atoms with Crippen molar-refractivity contribution in [3.63, 3.8) is 0 Å². The van der Waals surface area contributed by atoms with E-state index in [0.29, 0.717) is 13.2 Å². The maximum atomic E-state index is 12.9. The second-order valence-electron chi connectivity index (χ2n) is 5.91. The van der Waals surface area contributed by atoms with Crippen LogP contribution in [0.25, 0.3) is 0 Å². The molecule has 4 heteroatoms. The molecule has 2 aliphatic rings. The Hall–Kier alpha value is -1.39. The first-order valence-corrected chi connectivity index (χ1v) is 7.97. The van der Waals surface area contributed by atoms with Gasteiger partial charge in [0.1, 0.15) is 0 Å². The van der Waals surface area contributed by atoms with Crippen molar-refractivity contribution in [3.05, 3.63) is 35.9 Å². The maximum absolute atomic E-state index is 12.9. The number of carbonyl (C=O) groups is 1. The highest BCUT2D eigenvalue weighted by Gasteiger charge is 2.40. The Morgan fingerprint density at radius 1 is 1.33 bits per heavy atom. The minimum absolute atomic E-state index is 0.0331. The first-order valence-electron chi connectivity index (χ1n) is 7.97. The number of carbonyl (C=O) groups excluding carboxylic acids is 1. The number of nitrogens with zero attached hydrogens (tertiary/aromatic N) is 1. The molecule has 0 aromatic heterocycles. The molecule has 21 heavy (non-hydrogen) atoms. The summed E-state index contributed by atoms with van der Waals surface area (Å²) in [7, 11) is 0. The summed E-state index contributed by atoms with van der Waals surface area (Å²) in [6.07, 6.45) is 2.15. The van der Waals surface area contributed by atoms with Crippen LogP contribution in [0.1, 0.15) is 31.4 Å². The van der Waals surface area contributed by atoms with E-state index in [2.05, 4.69) is 41.4 Å². The van der Waals surface area contributed by atoms with Crippen LogP contribution < -0.4 is 5.32 Å². The van der Waals surface area contributed by atoms with E-state index in [0.717, 1.165) is 25.9 Å². The first kappa shape index (κ1) is 14.5. The summed E-state index contributed by atoms with van der Waals surface area (Å²) < 4.78 is 5.53. The van der Waals surface area contributed by atoms with Crippen LogP contribution in [-0.4, -0.2) is 43.2 Å². The highest BCUT2D eigenvalue weighted by atomic mass is 16.5. The number of ether oxygens (including phenoxy) is 1. The molecule has 4 nitrogen and oxygen atoms in total. The van der Waals surface area contributed by atoms with Gasteiger partial charge in [-0.1, -0.05) is 37.3 Å². The van der Waals surface area contributed by atoms with Crippen molar-refractivity contribution in [2.24, 2.45) is 5.92 Å². The Morgan fingerprint density at radius 3 is 2.90 bits per heavy atom. The maximum Gasteiger partial charge on any atom is 0.230 e. The fourth-order valence-corrected chi connectivity index (χ4v) is 3.53. The molecule has 1 amide bonds. The molecule has 2 fully saturated rings. The molecule has 1 aromatic rings. The van der Waals surface area contributed by atoms with Crippen LogP contribution in [0.3, 0.4) is 0 Å². The fraction of sp³-hybridized carbons (Fsp3) is 0.588. The van der Waals surface area contributed by atoms with Crippen molar-refractivity contribution in [3.8, 4) is 0 Å². The summed E-state index contributed by atoms with van der Waals surface area (Å²) in [5.41, 5.74) is 1.25. The van der Waals surface area contributed by atoms with Gasteiger partial charge in [0.05, 0.1) is 25.2 Å².